The van der Waals surface area contributed by atoms with Gasteiger partial charge in [0.15, 0.2) is 0 Å². The fourth-order valence-electron chi connectivity index (χ4n) is 2.39. The molecule has 1 N–H and O–H groups in total. The van der Waals surface area contributed by atoms with Crippen LogP contribution in [0.1, 0.15) is 52.4 Å². The quantitative estimate of drug-likeness (QED) is 0.506. The van der Waals surface area contributed by atoms with Gasteiger partial charge >= 0.3 is 0 Å². The molecule has 0 amide bonds. The maximum atomic E-state index is 5.73. The summed E-state index contributed by atoms with van der Waals surface area (Å²) < 4.78 is 5.61. The van der Waals surface area contributed by atoms with Gasteiger partial charge in [0.1, 0.15) is 0 Å². The number of hydrogen-bond acceptors (Lipinski definition) is 2. The molecule has 1 aliphatic heterocycles. The standard InChI is InChI=1S/C14H28ClNO/c1-14(2,8-5-9-15)12-16-10-3-6-13-7-4-11-17-13/h13,16H,3-12H2,1-2H3. The minimum absolute atomic E-state index is 0.374. The number of ether oxygens (including phenoxy) is 1. The Morgan fingerprint density at radius 3 is 2.82 bits per heavy atom. The summed E-state index contributed by atoms with van der Waals surface area (Å²) in [4.78, 5) is 0. The summed E-state index contributed by atoms with van der Waals surface area (Å²) >= 11 is 5.73. The highest BCUT2D eigenvalue weighted by atomic mass is 35.5. The smallest absolute Gasteiger partial charge is 0.0576 e. The highest BCUT2D eigenvalue weighted by Crippen LogP contribution is 2.21. The van der Waals surface area contributed by atoms with Crippen molar-refractivity contribution in [2.45, 2.75) is 58.5 Å². The maximum Gasteiger partial charge on any atom is 0.0576 e. The Bertz CT molecular complexity index is 191. The van der Waals surface area contributed by atoms with E-state index >= 15 is 0 Å². The maximum absolute atomic E-state index is 5.73. The highest BCUT2D eigenvalue weighted by Gasteiger charge is 2.17. The van der Waals surface area contributed by atoms with Gasteiger partial charge in [0.05, 0.1) is 6.10 Å². The third-order valence-electron chi connectivity index (χ3n) is 3.49. The molecular weight excluding hydrogens is 234 g/mol. The van der Waals surface area contributed by atoms with Crippen LogP contribution in [0, 0.1) is 5.41 Å². The van der Waals surface area contributed by atoms with E-state index in [-0.39, 0.29) is 0 Å². The lowest BCUT2D eigenvalue weighted by Gasteiger charge is -2.24. The van der Waals surface area contributed by atoms with Crippen LogP contribution >= 0.6 is 11.6 Å². The summed E-state index contributed by atoms with van der Waals surface area (Å²) in [5.74, 6) is 0.780. The fourth-order valence-corrected chi connectivity index (χ4v) is 2.52. The van der Waals surface area contributed by atoms with Crippen molar-refractivity contribution in [2.24, 2.45) is 5.41 Å². The van der Waals surface area contributed by atoms with Gasteiger partial charge in [-0.25, -0.2) is 0 Å². The Morgan fingerprint density at radius 2 is 2.18 bits per heavy atom. The van der Waals surface area contributed by atoms with E-state index in [1.54, 1.807) is 0 Å². The van der Waals surface area contributed by atoms with Crippen molar-refractivity contribution >= 4 is 11.6 Å². The number of hydrogen-bond donors (Lipinski definition) is 1. The molecule has 0 aromatic rings. The van der Waals surface area contributed by atoms with Crippen LogP contribution in [0.3, 0.4) is 0 Å². The van der Waals surface area contributed by atoms with Crippen LogP contribution in [-0.4, -0.2) is 31.7 Å². The van der Waals surface area contributed by atoms with E-state index in [0.717, 1.165) is 32.0 Å². The zero-order valence-corrected chi connectivity index (χ0v) is 12.2. The molecule has 0 bridgehead atoms. The van der Waals surface area contributed by atoms with Crippen LogP contribution in [0.25, 0.3) is 0 Å². The number of halogens is 1. The number of rotatable bonds is 9. The van der Waals surface area contributed by atoms with Gasteiger partial charge in [0.25, 0.3) is 0 Å². The highest BCUT2D eigenvalue weighted by molar-refractivity contribution is 6.17. The van der Waals surface area contributed by atoms with Crippen LogP contribution in [0.2, 0.25) is 0 Å². The van der Waals surface area contributed by atoms with Crippen molar-refractivity contribution in [3.8, 4) is 0 Å². The monoisotopic (exact) mass is 261 g/mol. The third-order valence-corrected chi connectivity index (χ3v) is 3.76. The molecule has 17 heavy (non-hydrogen) atoms. The van der Waals surface area contributed by atoms with Gasteiger partial charge in [0.2, 0.25) is 0 Å². The van der Waals surface area contributed by atoms with Crippen LogP contribution in [-0.2, 0) is 4.74 Å². The normalized spacial score (nSPS) is 21.0. The first kappa shape index (κ1) is 15.3. The fraction of sp³-hybridized carbons (Fsp3) is 1.00. The molecule has 3 heteroatoms. The van der Waals surface area contributed by atoms with E-state index in [1.807, 2.05) is 0 Å². The van der Waals surface area contributed by atoms with E-state index in [0.29, 0.717) is 11.5 Å². The topological polar surface area (TPSA) is 21.3 Å². The first-order valence-corrected chi connectivity index (χ1v) is 7.56. The predicted octanol–water partition coefficient (Wildman–Crippen LogP) is 3.58. The lowest BCUT2D eigenvalue weighted by molar-refractivity contribution is 0.102. The predicted molar refractivity (Wildman–Crippen MR) is 74.8 cm³/mol. The summed E-state index contributed by atoms with van der Waals surface area (Å²) in [6.07, 6.45) is 7.83. The van der Waals surface area contributed by atoms with E-state index in [9.17, 15) is 0 Å². The average molecular weight is 262 g/mol. The van der Waals surface area contributed by atoms with Crippen molar-refractivity contribution in [3.05, 3.63) is 0 Å². The summed E-state index contributed by atoms with van der Waals surface area (Å²) in [6, 6.07) is 0. The Hall–Kier alpha value is 0.210. The largest absolute Gasteiger partial charge is 0.378 e. The Labute approximate surface area is 111 Å². The number of alkyl halides is 1. The van der Waals surface area contributed by atoms with Crippen molar-refractivity contribution < 1.29 is 4.74 Å². The van der Waals surface area contributed by atoms with E-state index in [4.69, 9.17) is 16.3 Å². The molecule has 1 fully saturated rings. The van der Waals surface area contributed by atoms with Crippen molar-refractivity contribution in [3.63, 3.8) is 0 Å². The minimum atomic E-state index is 0.374. The van der Waals surface area contributed by atoms with E-state index < -0.39 is 0 Å². The second kappa shape index (κ2) is 8.34. The molecule has 102 valence electrons. The van der Waals surface area contributed by atoms with E-state index in [2.05, 4.69) is 19.2 Å². The molecule has 0 spiro atoms. The molecule has 1 heterocycles. The van der Waals surface area contributed by atoms with Gasteiger partial charge < -0.3 is 10.1 Å². The lowest BCUT2D eigenvalue weighted by atomic mass is 9.88. The van der Waals surface area contributed by atoms with Crippen LogP contribution in [0.5, 0.6) is 0 Å². The van der Waals surface area contributed by atoms with Gasteiger partial charge in [-0.05, 0) is 50.5 Å². The zero-order chi connectivity index (χ0) is 12.6. The number of nitrogens with one attached hydrogen (secondary N) is 1. The van der Waals surface area contributed by atoms with Gasteiger partial charge in [-0.2, -0.15) is 0 Å². The lowest BCUT2D eigenvalue weighted by Crippen LogP contribution is -2.30. The molecule has 0 aromatic heterocycles. The molecule has 0 aromatic carbocycles. The summed E-state index contributed by atoms with van der Waals surface area (Å²) in [6.45, 7) is 7.81. The summed E-state index contributed by atoms with van der Waals surface area (Å²) in [5.41, 5.74) is 0.374. The molecule has 0 radical (unpaired) electrons. The van der Waals surface area contributed by atoms with Crippen molar-refractivity contribution in [2.75, 3.05) is 25.6 Å². The first-order valence-electron chi connectivity index (χ1n) is 7.02. The Balaban J connectivity index is 1.95. The van der Waals surface area contributed by atoms with Gasteiger partial charge in [0, 0.05) is 19.0 Å². The van der Waals surface area contributed by atoms with Gasteiger partial charge in [-0.15, -0.1) is 11.6 Å². The first-order chi connectivity index (χ1) is 8.14. The van der Waals surface area contributed by atoms with Crippen LogP contribution < -0.4 is 5.32 Å². The molecule has 1 unspecified atom stereocenters. The van der Waals surface area contributed by atoms with Crippen LogP contribution in [0.4, 0.5) is 0 Å². The van der Waals surface area contributed by atoms with Gasteiger partial charge in [-0.1, -0.05) is 13.8 Å². The molecule has 1 atom stereocenters. The van der Waals surface area contributed by atoms with Crippen molar-refractivity contribution in [1.82, 2.24) is 5.32 Å². The Kier molecular flexibility index (Phi) is 7.49. The second-order valence-corrected chi connectivity index (χ2v) is 6.29. The average Bonchev–Trinajstić information content (AvgIpc) is 2.79. The molecular formula is C14H28ClNO. The SMILES string of the molecule is CC(C)(CCCCl)CNCCCC1CCCO1. The van der Waals surface area contributed by atoms with Crippen LogP contribution in [0.15, 0.2) is 0 Å². The molecule has 2 nitrogen and oxygen atoms in total. The zero-order valence-electron chi connectivity index (χ0n) is 11.4. The molecule has 1 rings (SSSR count). The summed E-state index contributed by atoms with van der Waals surface area (Å²) in [5, 5.41) is 3.56. The summed E-state index contributed by atoms with van der Waals surface area (Å²) in [7, 11) is 0. The third kappa shape index (κ3) is 7.28. The second-order valence-electron chi connectivity index (χ2n) is 5.91. The molecule has 0 saturated carbocycles. The molecule has 0 aliphatic carbocycles. The van der Waals surface area contributed by atoms with Gasteiger partial charge in [-0.3, -0.25) is 0 Å². The van der Waals surface area contributed by atoms with Crippen molar-refractivity contribution in [1.29, 1.82) is 0 Å². The minimum Gasteiger partial charge on any atom is -0.378 e. The Morgan fingerprint density at radius 1 is 1.35 bits per heavy atom. The molecule has 1 saturated heterocycles. The molecule has 1 aliphatic rings. The van der Waals surface area contributed by atoms with E-state index in [1.165, 1.54) is 32.1 Å².